The summed E-state index contributed by atoms with van der Waals surface area (Å²) in [4.78, 5) is 14.6. The number of nitro benzene ring substituents is 1. The number of benzene rings is 2. The molecule has 3 heterocycles. The number of halogens is 1. The van der Waals surface area contributed by atoms with Gasteiger partial charge in [0, 0.05) is 20.5 Å². The van der Waals surface area contributed by atoms with Crippen molar-refractivity contribution < 1.29 is 9.66 Å². The minimum atomic E-state index is -0.447. The average molecular weight is 361 g/mol. The van der Waals surface area contributed by atoms with E-state index < -0.39 is 4.92 Å². The van der Waals surface area contributed by atoms with Crippen LogP contribution in [-0.4, -0.2) is 17.0 Å². The Hall–Kier alpha value is -2.44. The van der Waals surface area contributed by atoms with Crippen LogP contribution in [0, 0.1) is 17.0 Å². The van der Waals surface area contributed by atoms with E-state index in [4.69, 9.17) is 16.3 Å². The van der Waals surface area contributed by atoms with Crippen molar-refractivity contribution in [3.8, 4) is 5.75 Å². The third kappa shape index (κ3) is 3.25. The zero-order valence-corrected chi connectivity index (χ0v) is 14.5. The van der Waals surface area contributed by atoms with E-state index in [1.165, 1.54) is 22.6 Å². The van der Waals surface area contributed by atoms with Crippen LogP contribution in [0.2, 0.25) is 5.02 Å². The van der Waals surface area contributed by atoms with E-state index in [9.17, 15) is 10.1 Å². The molecule has 4 aromatic rings. The second-order valence-electron chi connectivity index (χ2n) is 5.12. The number of ether oxygens (including phenoxy) is 1. The topological polar surface area (TPSA) is 65.3 Å². The van der Waals surface area contributed by atoms with Crippen LogP contribution >= 0.6 is 22.9 Å². The van der Waals surface area contributed by atoms with Crippen LogP contribution in [-0.2, 0) is 0 Å². The predicted molar refractivity (Wildman–Crippen MR) is 97.7 cm³/mol. The molecule has 0 spiro atoms. The van der Waals surface area contributed by atoms with Crippen LogP contribution < -0.4 is 4.74 Å². The Morgan fingerprint density at radius 3 is 2.50 bits per heavy atom. The van der Waals surface area contributed by atoms with Gasteiger partial charge in [-0.1, -0.05) is 17.7 Å². The molecule has 0 saturated carbocycles. The van der Waals surface area contributed by atoms with Crippen molar-refractivity contribution in [2.24, 2.45) is 0 Å². The maximum atomic E-state index is 10.9. The van der Waals surface area contributed by atoms with Crippen LogP contribution in [0.5, 0.6) is 5.75 Å². The summed E-state index contributed by atoms with van der Waals surface area (Å²) < 4.78 is 7.48. The first-order valence-corrected chi connectivity index (χ1v) is 8.24. The van der Waals surface area contributed by atoms with Crippen molar-refractivity contribution in [1.82, 2.24) is 4.98 Å². The van der Waals surface area contributed by atoms with E-state index in [0.717, 1.165) is 10.7 Å². The number of pyridine rings is 1. The van der Waals surface area contributed by atoms with Crippen molar-refractivity contribution in [3.05, 3.63) is 63.3 Å². The number of nitro groups is 1. The van der Waals surface area contributed by atoms with Gasteiger partial charge in [0.2, 0.25) is 0 Å². The second-order valence-corrected chi connectivity index (χ2v) is 6.64. The van der Waals surface area contributed by atoms with Gasteiger partial charge in [0.15, 0.2) is 0 Å². The molecule has 3 aromatic heterocycles. The Balaban J connectivity index is 0.000000175. The summed E-state index contributed by atoms with van der Waals surface area (Å²) in [5, 5.41) is 12.5. The van der Waals surface area contributed by atoms with Crippen LogP contribution in [0.3, 0.4) is 0 Å². The van der Waals surface area contributed by atoms with E-state index >= 15 is 0 Å². The number of hydrogen-bond acceptors (Lipinski definition) is 5. The summed E-state index contributed by atoms with van der Waals surface area (Å²) in [6.07, 6.45) is 0. The molecular weight excluding hydrogens is 348 g/mol. The summed E-state index contributed by atoms with van der Waals surface area (Å²) in [5.74, 6) is 0.463. The van der Waals surface area contributed by atoms with E-state index in [2.05, 4.69) is 11.1 Å². The molecule has 5 nitrogen and oxygen atoms in total. The minimum Gasteiger partial charge on any atom is -0.496 e. The molecule has 0 aliphatic rings. The summed E-state index contributed by atoms with van der Waals surface area (Å²) in [5.41, 5.74) is 1.12. The normalized spacial score (nSPS) is 10.6. The summed E-state index contributed by atoms with van der Waals surface area (Å²) >= 11 is 7.48. The number of methoxy groups -OCH3 is 1. The number of nitrogens with zero attached hydrogens (tertiary/aromatic N) is 2. The predicted octanol–water partition coefficient (Wildman–Crippen LogP) is 5.45. The highest BCUT2D eigenvalue weighted by molar-refractivity contribution is 7.24. The highest BCUT2D eigenvalue weighted by Crippen LogP contribution is 2.32. The van der Waals surface area contributed by atoms with Crippen molar-refractivity contribution in [1.29, 1.82) is 0 Å². The van der Waals surface area contributed by atoms with Gasteiger partial charge in [-0.3, -0.25) is 10.1 Å². The summed E-state index contributed by atoms with van der Waals surface area (Å²) in [6, 6.07) is 12.8. The van der Waals surface area contributed by atoms with Crippen LogP contribution in [0.25, 0.3) is 20.3 Å². The average Bonchev–Trinajstić information content (AvgIpc) is 3.16. The molecule has 0 saturated heterocycles. The molecule has 0 fully saturated rings. The highest BCUT2D eigenvalue weighted by atomic mass is 35.5. The second kappa shape index (κ2) is 6.59. The molecule has 4 rings (SSSR count). The Kier molecular flexibility index (Phi) is 4.51. The quantitative estimate of drug-likeness (QED) is 0.352. The van der Waals surface area contributed by atoms with Gasteiger partial charge in [0.05, 0.1) is 23.1 Å². The molecule has 0 aliphatic carbocycles. The number of aromatic nitrogens is 1. The van der Waals surface area contributed by atoms with Crippen molar-refractivity contribution in [3.63, 3.8) is 0 Å². The Morgan fingerprint density at radius 1 is 1.21 bits per heavy atom. The smallest absolute Gasteiger partial charge is 0.299 e. The minimum absolute atomic E-state index is 0.0296. The van der Waals surface area contributed by atoms with Gasteiger partial charge < -0.3 is 4.74 Å². The van der Waals surface area contributed by atoms with Gasteiger partial charge in [-0.05, 0) is 37.3 Å². The van der Waals surface area contributed by atoms with Gasteiger partial charge in [-0.15, -0.1) is 11.3 Å². The van der Waals surface area contributed by atoms with E-state index in [0.29, 0.717) is 16.7 Å². The Labute approximate surface area is 146 Å². The van der Waals surface area contributed by atoms with Crippen LogP contribution in [0.4, 0.5) is 5.69 Å². The molecule has 24 heavy (non-hydrogen) atoms. The number of thiophene rings is 2. The maximum Gasteiger partial charge on any atom is 0.299 e. The van der Waals surface area contributed by atoms with Crippen molar-refractivity contribution in [2.45, 2.75) is 6.92 Å². The highest BCUT2D eigenvalue weighted by Gasteiger charge is 2.15. The molecule has 0 N–H and O–H groups in total. The molecule has 0 unspecified atom stereocenters. The molecule has 2 bridgehead atoms. The fourth-order valence-electron chi connectivity index (χ4n) is 2.30. The third-order valence-electron chi connectivity index (χ3n) is 3.45. The number of rotatable bonds is 2. The zero-order chi connectivity index (χ0) is 17.3. The standard InChI is InChI=1S/C11H10N2O3.C6H3ClS/c1-7-3-4-8-5-9(16-2)6-10(13(14)15)11(8)12-7;7-5-3-4-1-2-6(5)8-4/h3-6H,1-2H3;1-3H. The fraction of sp³-hybridized carbons (Fsp3) is 0.118. The number of non-ortho nitro benzene ring substituents is 1. The molecule has 122 valence electrons. The lowest BCUT2D eigenvalue weighted by atomic mass is 10.1. The molecule has 1 aromatic carbocycles. The van der Waals surface area contributed by atoms with E-state index in [1.807, 2.05) is 18.2 Å². The Bertz CT molecular complexity index is 1020. The zero-order valence-electron chi connectivity index (χ0n) is 12.9. The van der Waals surface area contributed by atoms with E-state index in [1.54, 1.807) is 30.4 Å². The lowest BCUT2D eigenvalue weighted by Gasteiger charge is -2.04. The number of fused-ring (bicyclic) bond motifs is 3. The van der Waals surface area contributed by atoms with Gasteiger partial charge in [0.1, 0.15) is 11.3 Å². The molecule has 0 atom stereocenters. The number of hydrogen-bond donors (Lipinski definition) is 0. The Morgan fingerprint density at radius 2 is 2.00 bits per heavy atom. The molecule has 7 heteroatoms. The molecule has 0 amide bonds. The van der Waals surface area contributed by atoms with Crippen LogP contribution in [0.1, 0.15) is 5.69 Å². The van der Waals surface area contributed by atoms with Gasteiger partial charge in [0.25, 0.3) is 5.69 Å². The fourth-order valence-corrected chi connectivity index (χ4v) is 3.52. The molecular formula is C17H13ClN2O3S. The summed E-state index contributed by atoms with van der Waals surface area (Å²) in [6.45, 7) is 1.80. The molecule has 0 radical (unpaired) electrons. The monoisotopic (exact) mass is 360 g/mol. The molecule has 0 aliphatic heterocycles. The first kappa shape index (κ1) is 16.4. The number of aryl methyl sites for hydroxylation is 1. The summed E-state index contributed by atoms with van der Waals surface area (Å²) in [7, 11) is 1.48. The lowest BCUT2D eigenvalue weighted by Crippen LogP contribution is -1.94. The third-order valence-corrected chi connectivity index (χ3v) is 4.94. The van der Waals surface area contributed by atoms with Gasteiger partial charge in [-0.2, -0.15) is 0 Å². The van der Waals surface area contributed by atoms with Crippen LogP contribution in [0.15, 0.2) is 42.5 Å². The van der Waals surface area contributed by atoms with Crippen molar-refractivity contribution >= 4 is 48.9 Å². The van der Waals surface area contributed by atoms with Gasteiger partial charge >= 0.3 is 0 Å². The lowest BCUT2D eigenvalue weighted by molar-refractivity contribution is -0.383. The van der Waals surface area contributed by atoms with Gasteiger partial charge in [-0.25, -0.2) is 4.98 Å². The first-order valence-electron chi connectivity index (χ1n) is 7.05. The first-order chi connectivity index (χ1) is 11.5. The van der Waals surface area contributed by atoms with Crippen molar-refractivity contribution in [2.75, 3.05) is 7.11 Å². The largest absolute Gasteiger partial charge is 0.496 e. The SMILES string of the molecule is COc1cc([N+](=O)[O-])c2nc(C)ccc2c1.Clc1cc2ccc1s2. The maximum absolute atomic E-state index is 10.9. The van der Waals surface area contributed by atoms with E-state index in [-0.39, 0.29) is 5.69 Å².